The van der Waals surface area contributed by atoms with Gasteiger partial charge in [0.05, 0.1) is 22.7 Å². The number of ether oxygens (including phenoxy) is 1. The largest absolute Gasteiger partial charge is 0.450 e. The van der Waals surface area contributed by atoms with Crippen LogP contribution in [0, 0.1) is 5.82 Å². The Balaban J connectivity index is 1.78. The number of hydrogen-bond acceptors (Lipinski definition) is 5. The van der Waals surface area contributed by atoms with E-state index >= 15 is 0 Å². The van der Waals surface area contributed by atoms with Crippen LogP contribution < -0.4 is 10.3 Å². The zero-order chi connectivity index (χ0) is 24.9. The number of nitrogens with zero attached hydrogens (tertiary/aromatic N) is 2. The predicted molar refractivity (Wildman–Crippen MR) is 129 cm³/mol. The summed E-state index contributed by atoms with van der Waals surface area (Å²) < 4.78 is 25.6. The van der Waals surface area contributed by atoms with Crippen molar-refractivity contribution in [3.63, 3.8) is 0 Å². The molecule has 1 spiro atoms. The first-order chi connectivity index (χ1) is 16.8. The molecule has 0 N–H and O–H groups in total. The zero-order valence-corrected chi connectivity index (χ0v) is 19.5. The Kier molecular flexibility index (Phi) is 5.56. The van der Waals surface area contributed by atoms with Gasteiger partial charge in [0.2, 0.25) is 5.76 Å². The third-order valence-corrected chi connectivity index (χ3v) is 6.49. The second kappa shape index (κ2) is 8.46. The van der Waals surface area contributed by atoms with Crippen LogP contribution in [0.4, 0.5) is 10.1 Å². The lowest BCUT2D eigenvalue weighted by atomic mass is 9.84. The van der Waals surface area contributed by atoms with E-state index in [2.05, 4.69) is 6.58 Å². The molecule has 2 aliphatic heterocycles. The number of fused-ring (bicyclic) bond motifs is 5. The van der Waals surface area contributed by atoms with E-state index in [1.807, 2.05) is 13.8 Å². The molecule has 0 bridgehead atoms. The van der Waals surface area contributed by atoms with E-state index in [9.17, 15) is 18.8 Å². The van der Waals surface area contributed by atoms with E-state index < -0.39 is 28.6 Å². The summed E-state index contributed by atoms with van der Waals surface area (Å²) in [6, 6.07) is 10.6. The van der Waals surface area contributed by atoms with Gasteiger partial charge >= 0.3 is 0 Å². The average Bonchev–Trinajstić information content (AvgIpc) is 3.22. The van der Waals surface area contributed by atoms with Crippen molar-refractivity contribution in [1.29, 1.82) is 0 Å². The number of rotatable bonds is 7. The summed E-state index contributed by atoms with van der Waals surface area (Å²) >= 11 is 0. The number of carbonyl (C=O) groups excluding carboxylic acids is 2. The number of amides is 2. The number of benzene rings is 2. The molecule has 0 aliphatic carbocycles. The molecule has 5 rings (SSSR count). The normalized spacial score (nSPS) is 18.7. The Morgan fingerprint density at radius 2 is 1.94 bits per heavy atom. The molecule has 8 heteroatoms. The Hall–Kier alpha value is -3.78. The van der Waals surface area contributed by atoms with Crippen LogP contribution in [0.2, 0.25) is 0 Å². The molecular formula is C27H25FN2O5. The smallest absolute Gasteiger partial charge is 0.291 e. The molecule has 35 heavy (non-hydrogen) atoms. The summed E-state index contributed by atoms with van der Waals surface area (Å²) in [7, 11) is 0. The lowest BCUT2D eigenvalue weighted by Gasteiger charge is -2.34. The average molecular weight is 477 g/mol. The van der Waals surface area contributed by atoms with Crippen LogP contribution in [0.15, 0.2) is 64.3 Å². The van der Waals surface area contributed by atoms with E-state index in [4.69, 9.17) is 9.15 Å². The summed E-state index contributed by atoms with van der Waals surface area (Å²) in [4.78, 5) is 44.7. The summed E-state index contributed by atoms with van der Waals surface area (Å²) in [5, 5.41) is -0.0200. The van der Waals surface area contributed by atoms with Gasteiger partial charge < -0.3 is 19.0 Å². The topological polar surface area (TPSA) is 80.1 Å². The maximum absolute atomic E-state index is 14.2. The fourth-order valence-electron chi connectivity index (χ4n) is 5.12. The summed E-state index contributed by atoms with van der Waals surface area (Å²) in [5.41, 5.74) is -1.21. The van der Waals surface area contributed by atoms with Crippen LogP contribution in [0.3, 0.4) is 0 Å². The lowest BCUT2D eigenvalue weighted by molar-refractivity contribution is -0.126. The van der Waals surface area contributed by atoms with E-state index in [0.29, 0.717) is 24.3 Å². The highest BCUT2D eigenvalue weighted by molar-refractivity contribution is 6.17. The second-order valence-corrected chi connectivity index (χ2v) is 8.94. The van der Waals surface area contributed by atoms with Crippen molar-refractivity contribution >= 4 is 28.5 Å². The molecule has 2 aromatic carbocycles. The molecule has 0 radical (unpaired) electrons. The third kappa shape index (κ3) is 3.24. The molecule has 0 fully saturated rings. The van der Waals surface area contributed by atoms with Gasteiger partial charge in [0.1, 0.15) is 11.4 Å². The standard InChI is InChI=1S/C27H25FN2O5/c1-4-12-29-20-9-6-5-8-19(20)27(26(29)33)22-23(31)18-15-17(28)10-11-21(18)35-24(22)25(32)30(27)13-7-14-34-16(2)3/h4-6,8-11,15-16H,1,7,12-14H2,2-3H3/t27-/m0/s1. The van der Waals surface area contributed by atoms with Crippen LogP contribution in [0.1, 0.15) is 41.9 Å². The van der Waals surface area contributed by atoms with E-state index in [-0.39, 0.29) is 41.5 Å². The fraction of sp³-hybridized carbons (Fsp3) is 0.296. The molecule has 2 amide bonds. The van der Waals surface area contributed by atoms with E-state index in [1.54, 1.807) is 30.3 Å². The van der Waals surface area contributed by atoms with Crippen molar-refractivity contribution in [2.24, 2.45) is 0 Å². The zero-order valence-electron chi connectivity index (χ0n) is 19.5. The van der Waals surface area contributed by atoms with Gasteiger partial charge in [-0.3, -0.25) is 14.4 Å². The molecule has 7 nitrogen and oxygen atoms in total. The molecule has 0 saturated carbocycles. The van der Waals surface area contributed by atoms with Gasteiger partial charge in [0.25, 0.3) is 11.8 Å². The molecule has 180 valence electrons. The number of hydrogen-bond donors (Lipinski definition) is 0. The van der Waals surface area contributed by atoms with Crippen LogP contribution in [0.5, 0.6) is 0 Å². The van der Waals surface area contributed by atoms with Crippen LogP contribution >= 0.6 is 0 Å². The van der Waals surface area contributed by atoms with Gasteiger partial charge in [0, 0.05) is 25.3 Å². The van der Waals surface area contributed by atoms with Gasteiger partial charge in [-0.15, -0.1) is 6.58 Å². The van der Waals surface area contributed by atoms with Crippen molar-refractivity contribution in [2.45, 2.75) is 31.9 Å². The first kappa shape index (κ1) is 23.0. The number of para-hydroxylation sites is 1. The van der Waals surface area contributed by atoms with Crippen molar-refractivity contribution in [3.05, 3.63) is 88.0 Å². The molecule has 3 aromatic rings. The van der Waals surface area contributed by atoms with Gasteiger partial charge in [-0.05, 0) is 44.5 Å². The van der Waals surface area contributed by atoms with Crippen LogP contribution in [0.25, 0.3) is 11.0 Å². The van der Waals surface area contributed by atoms with E-state index in [1.165, 1.54) is 15.9 Å². The molecule has 0 saturated heterocycles. The minimum Gasteiger partial charge on any atom is -0.450 e. The summed E-state index contributed by atoms with van der Waals surface area (Å²) in [6.45, 7) is 8.30. The Labute approximate surface area is 201 Å². The quantitative estimate of drug-likeness (QED) is 0.381. The van der Waals surface area contributed by atoms with Crippen LogP contribution in [-0.4, -0.2) is 42.5 Å². The Bertz CT molecular complexity index is 1430. The van der Waals surface area contributed by atoms with E-state index in [0.717, 1.165) is 12.1 Å². The minimum atomic E-state index is -1.72. The second-order valence-electron chi connectivity index (χ2n) is 8.94. The Morgan fingerprint density at radius 1 is 1.17 bits per heavy atom. The highest BCUT2D eigenvalue weighted by Gasteiger charge is 2.64. The minimum absolute atomic E-state index is 0.01000. The number of carbonyl (C=O) groups is 2. The first-order valence-corrected chi connectivity index (χ1v) is 11.5. The monoisotopic (exact) mass is 476 g/mol. The van der Waals surface area contributed by atoms with Gasteiger partial charge in [-0.1, -0.05) is 24.3 Å². The van der Waals surface area contributed by atoms with Gasteiger partial charge in [-0.25, -0.2) is 4.39 Å². The molecule has 0 unspecified atom stereocenters. The maximum atomic E-state index is 14.2. The highest BCUT2D eigenvalue weighted by Crippen LogP contribution is 2.52. The van der Waals surface area contributed by atoms with Crippen molar-refractivity contribution in [3.8, 4) is 0 Å². The lowest BCUT2D eigenvalue weighted by Crippen LogP contribution is -2.53. The molecular weight excluding hydrogens is 451 g/mol. The summed E-state index contributed by atoms with van der Waals surface area (Å²) in [5.74, 6) is -1.81. The van der Waals surface area contributed by atoms with Crippen molar-refractivity contribution in [1.82, 2.24) is 4.90 Å². The van der Waals surface area contributed by atoms with Gasteiger partial charge in [-0.2, -0.15) is 0 Å². The molecule has 1 atom stereocenters. The predicted octanol–water partition coefficient (Wildman–Crippen LogP) is 3.98. The Morgan fingerprint density at radius 3 is 2.69 bits per heavy atom. The highest BCUT2D eigenvalue weighted by atomic mass is 19.1. The first-order valence-electron chi connectivity index (χ1n) is 11.5. The number of halogens is 1. The molecule has 1 aromatic heterocycles. The number of anilines is 1. The fourth-order valence-corrected chi connectivity index (χ4v) is 5.12. The SMILES string of the molecule is C=CCN1C(=O)[C@]2(c3ccccc31)c1c(oc3ccc(F)cc3c1=O)C(=O)N2CCCOC(C)C. The van der Waals surface area contributed by atoms with Crippen molar-refractivity contribution < 1.29 is 23.1 Å². The van der Waals surface area contributed by atoms with Gasteiger partial charge in [0.15, 0.2) is 11.0 Å². The molecule has 3 heterocycles. The summed E-state index contributed by atoms with van der Waals surface area (Å²) in [6.07, 6.45) is 2.04. The van der Waals surface area contributed by atoms with Crippen molar-refractivity contribution in [2.75, 3.05) is 24.6 Å². The maximum Gasteiger partial charge on any atom is 0.291 e. The third-order valence-electron chi connectivity index (χ3n) is 6.49. The van der Waals surface area contributed by atoms with Crippen LogP contribution in [-0.2, 0) is 15.1 Å². The molecule has 2 aliphatic rings.